The lowest BCUT2D eigenvalue weighted by molar-refractivity contribution is 0.715. The van der Waals surface area contributed by atoms with E-state index in [9.17, 15) is 0 Å². The fraction of sp³-hybridized carbons (Fsp3) is 0.294. The summed E-state index contributed by atoms with van der Waals surface area (Å²) < 4.78 is 0.893. The molecule has 20 heavy (non-hydrogen) atoms. The second kappa shape index (κ2) is 6.30. The van der Waals surface area contributed by atoms with Crippen LogP contribution < -0.4 is 5.73 Å². The Balaban J connectivity index is 2.33. The average molecular weight is 353 g/mol. The molecule has 106 valence electrons. The summed E-state index contributed by atoms with van der Waals surface area (Å²) in [4.78, 5) is 0. The maximum atomic E-state index is 6.37. The molecule has 2 N–H and O–H groups in total. The fourth-order valence-corrected chi connectivity index (χ4v) is 3.32. The first-order chi connectivity index (χ1) is 9.40. The average Bonchev–Trinajstić information content (AvgIpc) is 2.36. The standard InChI is InChI=1S/C17H19BrClN/c1-10-7-11(2)14(12(3)8-10)9-16(20)13-5-4-6-15(18)17(13)19/h4-8,16H,9,20H2,1-3H3. The summed E-state index contributed by atoms with van der Waals surface area (Å²) in [5, 5.41) is 0.711. The van der Waals surface area contributed by atoms with E-state index in [1.54, 1.807) is 0 Å². The van der Waals surface area contributed by atoms with Gasteiger partial charge in [-0.25, -0.2) is 0 Å². The molecule has 2 rings (SSSR count). The van der Waals surface area contributed by atoms with Crippen molar-refractivity contribution in [3.05, 3.63) is 67.6 Å². The van der Waals surface area contributed by atoms with Gasteiger partial charge >= 0.3 is 0 Å². The molecule has 0 amide bonds. The summed E-state index contributed by atoms with van der Waals surface area (Å²) in [6.07, 6.45) is 0.800. The third-order valence-electron chi connectivity index (χ3n) is 3.65. The maximum absolute atomic E-state index is 6.37. The number of rotatable bonds is 3. The summed E-state index contributed by atoms with van der Waals surface area (Å²) in [5.74, 6) is 0. The zero-order valence-electron chi connectivity index (χ0n) is 12.0. The van der Waals surface area contributed by atoms with E-state index in [0.29, 0.717) is 5.02 Å². The maximum Gasteiger partial charge on any atom is 0.0595 e. The Morgan fingerprint density at radius 1 is 1.15 bits per heavy atom. The molecule has 0 aliphatic rings. The number of aryl methyl sites for hydroxylation is 3. The number of hydrogen-bond acceptors (Lipinski definition) is 1. The van der Waals surface area contributed by atoms with Gasteiger partial charge in [0.05, 0.1) is 5.02 Å². The van der Waals surface area contributed by atoms with Gasteiger partial charge in [-0.3, -0.25) is 0 Å². The van der Waals surface area contributed by atoms with E-state index in [2.05, 4.69) is 48.8 Å². The van der Waals surface area contributed by atoms with Crippen LogP contribution in [0.2, 0.25) is 5.02 Å². The van der Waals surface area contributed by atoms with E-state index in [-0.39, 0.29) is 6.04 Å². The first-order valence-electron chi connectivity index (χ1n) is 6.66. The Labute approximate surface area is 134 Å². The second-order valence-corrected chi connectivity index (χ2v) is 6.56. The van der Waals surface area contributed by atoms with Gasteiger partial charge in [0, 0.05) is 10.5 Å². The Kier molecular flexibility index (Phi) is 4.90. The summed E-state index contributed by atoms with van der Waals surface area (Å²) in [6, 6.07) is 10.2. The molecule has 0 spiro atoms. The third kappa shape index (κ3) is 3.25. The predicted molar refractivity (Wildman–Crippen MR) is 90.4 cm³/mol. The molecule has 0 heterocycles. The van der Waals surface area contributed by atoms with Gasteiger partial charge in [0.25, 0.3) is 0 Å². The summed E-state index contributed by atoms with van der Waals surface area (Å²) in [7, 11) is 0. The number of nitrogens with two attached hydrogens (primary N) is 1. The lowest BCUT2D eigenvalue weighted by Gasteiger charge is -2.18. The monoisotopic (exact) mass is 351 g/mol. The van der Waals surface area contributed by atoms with Crippen LogP contribution >= 0.6 is 27.5 Å². The normalized spacial score (nSPS) is 12.5. The molecule has 0 aromatic heterocycles. The van der Waals surface area contributed by atoms with Crippen molar-refractivity contribution in [2.24, 2.45) is 5.73 Å². The molecule has 1 nitrogen and oxygen atoms in total. The molecule has 3 heteroatoms. The minimum absolute atomic E-state index is 0.0971. The SMILES string of the molecule is Cc1cc(C)c(CC(N)c2cccc(Br)c2Cl)c(C)c1. The molecule has 0 aliphatic heterocycles. The molecule has 0 saturated carbocycles. The van der Waals surface area contributed by atoms with Crippen molar-refractivity contribution in [1.29, 1.82) is 0 Å². The first kappa shape index (κ1) is 15.6. The van der Waals surface area contributed by atoms with E-state index < -0.39 is 0 Å². The molecule has 0 aliphatic carbocycles. The number of halogens is 2. The van der Waals surface area contributed by atoms with Crippen molar-refractivity contribution in [1.82, 2.24) is 0 Å². The highest BCUT2D eigenvalue weighted by atomic mass is 79.9. The molecule has 1 unspecified atom stereocenters. The van der Waals surface area contributed by atoms with Gasteiger partial charge in [0.1, 0.15) is 0 Å². The molecule has 0 bridgehead atoms. The highest BCUT2D eigenvalue weighted by Gasteiger charge is 2.15. The first-order valence-corrected chi connectivity index (χ1v) is 7.83. The largest absolute Gasteiger partial charge is 0.324 e. The molecule has 1 atom stereocenters. The van der Waals surface area contributed by atoms with Crippen LogP contribution in [0.5, 0.6) is 0 Å². The van der Waals surface area contributed by atoms with Crippen LogP contribution in [0.15, 0.2) is 34.8 Å². The van der Waals surface area contributed by atoms with E-state index in [4.69, 9.17) is 17.3 Å². The summed E-state index contributed by atoms with van der Waals surface area (Å²) in [5.41, 5.74) is 12.6. The molecule has 0 radical (unpaired) electrons. The summed E-state index contributed by atoms with van der Waals surface area (Å²) >= 11 is 9.78. The summed E-state index contributed by atoms with van der Waals surface area (Å²) in [6.45, 7) is 6.41. The highest BCUT2D eigenvalue weighted by Crippen LogP contribution is 2.31. The van der Waals surface area contributed by atoms with Crippen LogP contribution in [0.1, 0.15) is 33.9 Å². The third-order valence-corrected chi connectivity index (χ3v) is 4.96. The van der Waals surface area contributed by atoms with Gasteiger partial charge in [0.15, 0.2) is 0 Å². The van der Waals surface area contributed by atoms with Crippen molar-refractivity contribution >= 4 is 27.5 Å². The zero-order chi connectivity index (χ0) is 14.9. The van der Waals surface area contributed by atoms with Crippen molar-refractivity contribution in [2.75, 3.05) is 0 Å². The molecule has 2 aromatic rings. The topological polar surface area (TPSA) is 26.0 Å². The lowest BCUT2D eigenvalue weighted by atomic mass is 9.92. The Bertz CT molecular complexity index is 614. The number of benzene rings is 2. The second-order valence-electron chi connectivity index (χ2n) is 5.33. The van der Waals surface area contributed by atoms with E-state index in [0.717, 1.165) is 16.5 Å². The minimum Gasteiger partial charge on any atom is -0.324 e. The minimum atomic E-state index is -0.0971. The van der Waals surface area contributed by atoms with Crippen molar-refractivity contribution in [2.45, 2.75) is 33.2 Å². The predicted octanol–water partition coefficient (Wildman–Crippen LogP) is 5.27. The smallest absolute Gasteiger partial charge is 0.0595 e. The van der Waals surface area contributed by atoms with Crippen LogP contribution in [0.4, 0.5) is 0 Å². The molecular formula is C17H19BrClN. The van der Waals surface area contributed by atoms with Crippen LogP contribution in [-0.4, -0.2) is 0 Å². The van der Waals surface area contributed by atoms with E-state index in [1.165, 1.54) is 22.3 Å². The Hall–Kier alpha value is -0.830. The molecule has 2 aromatic carbocycles. The Morgan fingerprint density at radius 3 is 2.35 bits per heavy atom. The van der Waals surface area contributed by atoms with Gasteiger partial charge in [-0.05, 0) is 71.4 Å². The quantitative estimate of drug-likeness (QED) is 0.800. The molecule has 0 saturated heterocycles. The number of hydrogen-bond donors (Lipinski definition) is 1. The van der Waals surface area contributed by atoms with Gasteiger partial charge < -0.3 is 5.73 Å². The fourth-order valence-electron chi connectivity index (χ4n) is 2.67. The highest BCUT2D eigenvalue weighted by molar-refractivity contribution is 9.10. The van der Waals surface area contributed by atoms with Gasteiger partial charge in [0.2, 0.25) is 0 Å². The van der Waals surface area contributed by atoms with Crippen LogP contribution in [-0.2, 0) is 6.42 Å². The lowest BCUT2D eigenvalue weighted by Crippen LogP contribution is -2.15. The van der Waals surface area contributed by atoms with E-state index >= 15 is 0 Å². The van der Waals surface area contributed by atoms with Crippen molar-refractivity contribution in [3.63, 3.8) is 0 Å². The van der Waals surface area contributed by atoms with Crippen LogP contribution in [0, 0.1) is 20.8 Å². The van der Waals surface area contributed by atoms with Crippen molar-refractivity contribution in [3.8, 4) is 0 Å². The van der Waals surface area contributed by atoms with E-state index in [1.807, 2.05) is 18.2 Å². The van der Waals surface area contributed by atoms with Gasteiger partial charge in [-0.2, -0.15) is 0 Å². The Morgan fingerprint density at radius 2 is 1.75 bits per heavy atom. The van der Waals surface area contributed by atoms with Crippen LogP contribution in [0.25, 0.3) is 0 Å². The van der Waals surface area contributed by atoms with Gasteiger partial charge in [-0.15, -0.1) is 0 Å². The van der Waals surface area contributed by atoms with Crippen molar-refractivity contribution < 1.29 is 0 Å². The van der Waals surface area contributed by atoms with Crippen LogP contribution in [0.3, 0.4) is 0 Å². The zero-order valence-corrected chi connectivity index (χ0v) is 14.3. The molecule has 0 fully saturated rings. The molecular weight excluding hydrogens is 334 g/mol. The van der Waals surface area contributed by atoms with Gasteiger partial charge in [-0.1, -0.05) is 41.4 Å².